The van der Waals surface area contributed by atoms with Gasteiger partial charge >= 0.3 is 0 Å². The van der Waals surface area contributed by atoms with Crippen LogP contribution in [0.3, 0.4) is 0 Å². The molecule has 1 nitrogen and oxygen atoms in total. The first-order chi connectivity index (χ1) is 9.41. The predicted octanol–water partition coefficient (Wildman–Crippen LogP) is 5.35. The molecule has 0 radical (unpaired) electrons. The Kier molecular flexibility index (Phi) is 5.26. The van der Waals surface area contributed by atoms with Gasteiger partial charge in [-0.1, -0.05) is 52.0 Å². The Morgan fingerprint density at radius 2 is 1.80 bits per heavy atom. The van der Waals surface area contributed by atoms with Crippen LogP contribution < -0.4 is 5.32 Å². The van der Waals surface area contributed by atoms with E-state index in [0.717, 1.165) is 6.54 Å². The lowest BCUT2D eigenvalue weighted by Gasteiger charge is -2.22. The molecule has 0 fully saturated rings. The van der Waals surface area contributed by atoms with Gasteiger partial charge in [0.05, 0.1) is 8.93 Å². The maximum absolute atomic E-state index is 3.59. The monoisotopic (exact) mass is 399 g/mol. The molecule has 3 heteroatoms. The highest BCUT2D eigenvalue weighted by Gasteiger charge is 2.17. The number of hydrogen-bond donors (Lipinski definition) is 1. The van der Waals surface area contributed by atoms with Gasteiger partial charge in [-0.15, -0.1) is 11.3 Å². The van der Waals surface area contributed by atoms with Gasteiger partial charge in [-0.25, -0.2) is 0 Å². The van der Waals surface area contributed by atoms with E-state index in [9.17, 15) is 0 Å². The fourth-order valence-electron chi connectivity index (χ4n) is 2.28. The van der Waals surface area contributed by atoms with Crippen LogP contribution in [0.25, 0.3) is 0 Å². The Balaban J connectivity index is 2.30. The zero-order valence-corrected chi connectivity index (χ0v) is 15.5. The fourth-order valence-corrected chi connectivity index (χ4v) is 3.68. The maximum atomic E-state index is 3.59. The highest BCUT2D eigenvalue weighted by molar-refractivity contribution is 14.1. The summed E-state index contributed by atoms with van der Waals surface area (Å²) in [6.07, 6.45) is 0. The number of rotatable bonds is 4. The van der Waals surface area contributed by atoms with Crippen molar-refractivity contribution in [2.45, 2.75) is 39.2 Å². The summed E-state index contributed by atoms with van der Waals surface area (Å²) < 4.78 is 1.34. The highest BCUT2D eigenvalue weighted by Crippen LogP contribution is 2.29. The van der Waals surface area contributed by atoms with E-state index in [1.807, 2.05) is 11.3 Å². The quantitative estimate of drug-likeness (QED) is 0.684. The van der Waals surface area contributed by atoms with E-state index in [1.165, 1.54) is 19.6 Å². The average Bonchev–Trinajstić information content (AvgIpc) is 2.81. The van der Waals surface area contributed by atoms with Crippen molar-refractivity contribution in [1.82, 2.24) is 5.32 Å². The van der Waals surface area contributed by atoms with Crippen LogP contribution in [-0.2, 0) is 5.41 Å². The first-order valence-electron chi connectivity index (χ1n) is 6.99. The van der Waals surface area contributed by atoms with Crippen molar-refractivity contribution >= 4 is 33.9 Å². The topological polar surface area (TPSA) is 12.0 Å². The molecule has 0 amide bonds. The van der Waals surface area contributed by atoms with Crippen molar-refractivity contribution in [2.75, 3.05) is 6.54 Å². The number of hydrogen-bond acceptors (Lipinski definition) is 2. The molecule has 1 aromatic heterocycles. The summed E-state index contributed by atoms with van der Waals surface area (Å²) in [7, 11) is 0. The minimum absolute atomic E-state index is 0.212. The van der Waals surface area contributed by atoms with Crippen molar-refractivity contribution in [2.24, 2.45) is 0 Å². The molecule has 1 N–H and O–H groups in total. The lowest BCUT2D eigenvalue weighted by atomic mass is 9.86. The third-order valence-corrected chi connectivity index (χ3v) is 5.25. The van der Waals surface area contributed by atoms with E-state index in [1.54, 1.807) is 0 Å². The van der Waals surface area contributed by atoms with E-state index >= 15 is 0 Å². The third-order valence-electron chi connectivity index (χ3n) is 3.44. The molecule has 0 aliphatic heterocycles. The van der Waals surface area contributed by atoms with Crippen LogP contribution in [0, 0.1) is 2.88 Å². The van der Waals surface area contributed by atoms with Crippen molar-refractivity contribution in [1.29, 1.82) is 0 Å². The van der Waals surface area contributed by atoms with Gasteiger partial charge in [-0.3, -0.25) is 0 Å². The second-order valence-electron chi connectivity index (χ2n) is 6.05. The molecular formula is C17H22INS. The van der Waals surface area contributed by atoms with E-state index in [2.05, 4.69) is 91.3 Å². The van der Waals surface area contributed by atoms with Crippen LogP contribution in [-0.4, -0.2) is 6.54 Å². The minimum Gasteiger partial charge on any atom is -0.307 e. The van der Waals surface area contributed by atoms with Gasteiger partial charge in [0, 0.05) is 0 Å². The molecule has 0 saturated carbocycles. The molecule has 108 valence electrons. The van der Waals surface area contributed by atoms with Crippen LogP contribution in [0.1, 0.15) is 50.4 Å². The Morgan fingerprint density at radius 1 is 1.15 bits per heavy atom. The van der Waals surface area contributed by atoms with E-state index in [4.69, 9.17) is 0 Å². The lowest BCUT2D eigenvalue weighted by molar-refractivity contribution is 0.587. The number of halogens is 1. The summed E-state index contributed by atoms with van der Waals surface area (Å²) in [6, 6.07) is 11.6. The van der Waals surface area contributed by atoms with E-state index in [0.29, 0.717) is 6.04 Å². The van der Waals surface area contributed by atoms with Gasteiger partial charge < -0.3 is 5.32 Å². The van der Waals surface area contributed by atoms with Crippen LogP contribution in [0.2, 0.25) is 0 Å². The van der Waals surface area contributed by atoms with Crippen molar-refractivity contribution in [3.05, 3.63) is 55.3 Å². The Labute approximate surface area is 139 Å². The minimum atomic E-state index is 0.212. The summed E-state index contributed by atoms with van der Waals surface area (Å²) in [5, 5.41) is 5.85. The molecule has 0 saturated heterocycles. The Bertz CT molecular complexity index is 551. The second kappa shape index (κ2) is 6.58. The summed E-state index contributed by atoms with van der Waals surface area (Å²) in [5.74, 6) is 0. The second-order valence-corrected chi connectivity index (χ2v) is 8.85. The largest absolute Gasteiger partial charge is 0.307 e. The highest BCUT2D eigenvalue weighted by atomic mass is 127. The van der Waals surface area contributed by atoms with Gasteiger partial charge in [0.15, 0.2) is 0 Å². The smallest absolute Gasteiger partial charge is 0.0656 e. The molecule has 0 spiro atoms. The molecule has 1 unspecified atom stereocenters. The summed E-state index contributed by atoms with van der Waals surface area (Å²) in [4.78, 5) is 0. The average molecular weight is 399 g/mol. The predicted molar refractivity (Wildman–Crippen MR) is 97.7 cm³/mol. The van der Waals surface area contributed by atoms with Crippen LogP contribution in [0.15, 0.2) is 35.7 Å². The molecule has 0 aliphatic rings. The molecule has 2 rings (SSSR count). The van der Waals surface area contributed by atoms with Gasteiger partial charge in [-0.05, 0) is 62.7 Å². The fraction of sp³-hybridized carbons (Fsp3) is 0.412. The molecule has 1 atom stereocenters. The van der Waals surface area contributed by atoms with Crippen molar-refractivity contribution in [3.8, 4) is 0 Å². The van der Waals surface area contributed by atoms with Crippen molar-refractivity contribution in [3.63, 3.8) is 0 Å². The summed E-state index contributed by atoms with van der Waals surface area (Å²) >= 11 is 4.20. The van der Waals surface area contributed by atoms with Gasteiger partial charge in [-0.2, -0.15) is 0 Å². The van der Waals surface area contributed by atoms with Crippen LogP contribution in [0.5, 0.6) is 0 Å². The molecule has 0 aliphatic carbocycles. The van der Waals surface area contributed by atoms with Gasteiger partial charge in [0.2, 0.25) is 0 Å². The Morgan fingerprint density at radius 3 is 2.25 bits per heavy atom. The maximum Gasteiger partial charge on any atom is 0.0656 e. The number of nitrogens with one attached hydrogen (secondary N) is 1. The molecule has 20 heavy (non-hydrogen) atoms. The Hall–Kier alpha value is -0.390. The lowest BCUT2D eigenvalue weighted by Crippen LogP contribution is -2.21. The number of thiophene rings is 1. The van der Waals surface area contributed by atoms with Crippen LogP contribution >= 0.6 is 33.9 Å². The summed E-state index contributed by atoms with van der Waals surface area (Å²) in [5.41, 5.74) is 4.31. The normalized spacial score (nSPS) is 13.4. The zero-order valence-electron chi connectivity index (χ0n) is 12.5. The molecule has 0 bridgehead atoms. The number of benzene rings is 1. The SMILES string of the molecule is CCNC(c1ccc(C(C)(C)C)cc1)c1csc(I)c1. The van der Waals surface area contributed by atoms with E-state index < -0.39 is 0 Å². The van der Waals surface area contributed by atoms with Crippen LogP contribution in [0.4, 0.5) is 0 Å². The first kappa shape index (κ1) is 16.0. The van der Waals surface area contributed by atoms with Crippen molar-refractivity contribution < 1.29 is 0 Å². The molecule has 2 aromatic rings. The molecular weight excluding hydrogens is 377 g/mol. The molecule has 1 heterocycles. The van der Waals surface area contributed by atoms with Gasteiger partial charge in [0.1, 0.15) is 0 Å². The first-order valence-corrected chi connectivity index (χ1v) is 8.95. The zero-order chi connectivity index (χ0) is 14.8. The van der Waals surface area contributed by atoms with Gasteiger partial charge in [0.25, 0.3) is 0 Å². The standard InChI is InChI=1S/C17H22INS/c1-5-19-16(13-10-15(18)20-11-13)12-6-8-14(9-7-12)17(2,3)4/h6-11,16,19H,5H2,1-4H3. The summed E-state index contributed by atoms with van der Waals surface area (Å²) in [6.45, 7) is 9.90. The third kappa shape index (κ3) is 3.83. The van der Waals surface area contributed by atoms with E-state index in [-0.39, 0.29) is 5.41 Å². The molecule has 1 aromatic carbocycles.